The second-order valence-corrected chi connectivity index (χ2v) is 4.37. The van der Waals surface area contributed by atoms with Crippen LogP contribution < -0.4 is 4.74 Å². The Morgan fingerprint density at radius 3 is 2.80 bits per heavy atom. The molecular formula is C13H16F3NO3. The molecule has 0 radical (unpaired) electrons. The first-order chi connectivity index (χ1) is 9.55. The predicted molar refractivity (Wildman–Crippen MR) is 64.3 cm³/mol. The molecule has 20 heavy (non-hydrogen) atoms. The molecule has 0 aliphatic carbocycles. The minimum absolute atomic E-state index is 0.0620. The number of hydrogen-bond donors (Lipinski definition) is 0. The Hall–Kier alpha value is -1.34. The fourth-order valence-corrected chi connectivity index (χ4v) is 1.82. The van der Waals surface area contributed by atoms with Crippen LogP contribution in [0.1, 0.15) is 25.0 Å². The Kier molecular flexibility index (Phi) is 5.19. The van der Waals surface area contributed by atoms with Crippen molar-refractivity contribution < 1.29 is 27.4 Å². The Bertz CT molecular complexity index is 420. The maximum absolute atomic E-state index is 12.4. The minimum atomic E-state index is -4.47. The van der Waals surface area contributed by atoms with Crippen LogP contribution in [0.25, 0.3) is 0 Å². The smallest absolute Gasteiger partial charge is 0.433 e. The highest BCUT2D eigenvalue weighted by atomic mass is 19.4. The third kappa shape index (κ3) is 4.64. The lowest BCUT2D eigenvalue weighted by Gasteiger charge is -2.22. The first-order valence-corrected chi connectivity index (χ1v) is 6.46. The van der Waals surface area contributed by atoms with Gasteiger partial charge in [0.15, 0.2) is 6.29 Å². The SMILES string of the molecule is FC(F)(F)c1cccc(OCCO[C@H]2CCCCO2)n1. The lowest BCUT2D eigenvalue weighted by molar-refractivity contribution is -0.165. The number of rotatable bonds is 5. The van der Waals surface area contributed by atoms with E-state index in [1.165, 1.54) is 12.1 Å². The van der Waals surface area contributed by atoms with E-state index in [1.54, 1.807) is 0 Å². The summed E-state index contributed by atoms with van der Waals surface area (Å²) >= 11 is 0. The first-order valence-electron chi connectivity index (χ1n) is 6.46. The number of hydrogen-bond acceptors (Lipinski definition) is 4. The molecule has 1 aromatic heterocycles. The molecule has 112 valence electrons. The third-order valence-corrected chi connectivity index (χ3v) is 2.79. The average molecular weight is 291 g/mol. The fourth-order valence-electron chi connectivity index (χ4n) is 1.82. The van der Waals surface area contributed by atoms with Gasteiger partial charge in [-0.15, -0.1) is 0 Å². The molecule has 4 nitrogen and oxygen atoms in total. The number of alkyl halides is 3. The van der Waals surface area contributed by atoms with Crippen LogP contribution in [0, 0.1) is 0 Å². The summed E-state index contributed by atoms with van der Waals surface area (Å²) in [7, 11) is 0. The Morgan fingerprint density at radius 1 is 1.25 bits per heavy atom. The third-order valence-electron chi connectivity index (χ3n) is 2.79. The van der Waals surface area contributed by atoms with Gasteiger partial charge in [0.25, 0.3) is 0 Å². The Morgan fingerprint density at radius 2 is 2.10 bits per heavy atom. The van der Waals surface area contributed by atoms with E-state index >= 15 is 0 Å². The van der Waals surface area contributed by atoms with Gasteiger partial charge in [0.1, 0.15) is 12.3 Å². The van der Waals surface area contributed by atoms with E-state index in [0.29, 0.717) is 6.61 Å². The van der Waals surface area contributed by atoms with Crippen molar-refractivity contribution in [2.24, 2.45) is 0 Å². The second-order valence-electron chi connectivity index (χ2n) is 4.37. The molecule has 2 heterocycles. The van der Waals surface area contributed by atoms with Gasteiger partial charge in [0.05, 0.1) is 6.61 Å². The molecule has 1 aliphatic heterocycles. The number of pyridine rings is 1. The zero-order chi connectivity index (χ0) is 14.4. The lowest BCUT2D eigenvalue weighted by Crippen LogP contribution is -2.24. The summed E-state index contributed by atoms with van der Waals surface area (Å²) in [6.07, 6.45) is -1.78. The molecule has 1 aliphatic rings. The maximum Gasteiger partial charge on any atom is 0.433 e. The van der Waals surface area contributed by atoms with Gasteiger partial charge in [0.2, 0.25) is 5.88 Å². The van der Waals surface area contributed by atoms with E-state index in [-0.39, 0.29) is 25.4 Å². The molecule has 0 N–H and O–H groups in total. The molecule has 1 atom stereocenters. The van der Waals surface area contributed by atoms with Crippen molar-refractivity contribution in [3.63, 3.8) is 0 Å². The van der Waals surface area contributed by atoms with Gasteiger partial charge in [-0.25, -0.2) is 4.98 Å². The highest BCUT2D eigenvalue weighted by Crippen LogP contribution is 2.28. The number of halogens is 3. The van der Waals surface area contributed by atoms with Crippen LogP contribution in [-0.2, 0) is 15.7 Å². The monoisotopic (exact) mass is 291 g/mol. The molecule has 0 bridgehead atoms. The van der Waals surface area contributed by atoms with Crippen LogP contribution in [0.4, 0.5) is 13.2 Å². The van der Waals surface area contributed by atoms with E-state index in [9.17, 15) is 13.2 Å². The van der Waals surface area contributed by atoms with E-state index < -0.39 is 11.9 Å². The van der Waals surface area contributed by atoms with Crippen molar-refractivity contribution in [3.05, 3.63) is 23.9 Å². The maximum atomic E-state index is 12.4. The van der Waals surface area contributed by atoms with Gasteiger partial charge in [-0.2, -0.15) is 13.2 Å². The zero-order valence-corrected chi connectivity index (χ0v) is 10.9. The van der Waals surface area contributed by atoms with Crippen LogP contribution in [0.3, 0.4) is 0 Å². The lowest BCUT2D eigenvalue weighted by atomic mass is 10.2. The van der Waals surface area contributed by atoms with Crippen LogP contribution in [0.2, 0.25) is 0 Å². The quantitative estimate of drug-likeness (QED) is 0.782. The van der Waals surface area contributed by atoms with E-state index in [4.69, 9.17) is 14.2 Å². The molecule has 0 saturated carbocycles. The fraction of sp³-hybridized carbons (Fsp3) is 0.615. The van der Waals surface area contributed by atoms with E-state index in [0.717, 1.165) is 25.3 Å². The summed E-state index contributed by atoms with van der Waals surface area (Å²) in [6.45, 7) is 1.07. The predicted octanol–water partition coefficient (Wildman–Crippen LogP) is 3.02. The van der Waals surface area contributed by atoms with Crippen LogP contribution in [-0.4, -0.2) is 31.1 Å². The van der Waals surface area contributed by atoms with Crippen molar-refractivity contribution in [1.82, 2.24) is 4.98 Å². The largest absolute Gasteiger partial charge is 0.475 e. The van der Waals surface area contributed by atoms with Gasteiger partial charge >= 0.3 is 6.18 Å². The highest BCUT2D eigenvalue weighted by Gasteiger charge is 2.32. The molecule has 7 heteroatoms. The highest BCUT2D eigenvalue weighted by molar-refractivity contribution is 5.17. The summed E-state index contributed by atoms with van der Waals surface area (Å²) < 4.78 is 53.2. The van der Waals surface area contributed by atoms with Gasteiger partial charge in [-0.05, 0) is 25.3 Å². The van der Waals surface area contributed by atoms with Crippen LogP contribution in [0.5, 0.6) is 5.88 Å². The second kappa shape index (κ2) is 6.90. The van der Waals surface area contributed by atoms with Gasteiger partial charge in [-0.3, -0.25) is 0 Å². The molecule has 0 aromatic carbocycles. The Balaban J connectivity index is 1.73. The van der Waals surface area contributed by atoms with Gasteiger partial charge in [-0.1, -0.05) is 6.07 Å². The summed E-state index contributed by atoms with van der Waals surface area (Å²) in [5.74, 6) is -0.0620. The molecule has 0 unspecified atom stereocenters. The minimum Gasteiger partial charge on any atom is -0.475 e. The molecule has 1 fully saturated rings. The zero-order valence-electron chi connectivity index (χ0n) is 10.9. The van der Waals surface area contributed by atoms with Crippen molar-refractivity contribution in [3.8, 4) is 5.88 Å². The number of ether oxygens (including phenoxy) is 3. The van der Waals surface area contributed by atoms with Crippen LogP contribution in [0.15, 0.2) is 18.2 Å². The van der Waals surface area contributed by atoms with Crippen molar-refractivity contribution >= 4 is 0 Å². The molecule has 1 saturated heterocycles. The molecular weight excluding hydrogens is 275 g/mol. The standard InChI is InChI=1S/C13H16F3NO3/c14-13(15,16)10-4-3-5-11(17-10)18-8-9-20-12-6-1-2-7-19-12/h3-5,12H,1-2,6-9H2/t12-/m0/s1. The van der Waals surface area contributed by atoms with Gasteiger partial charge in [0, 0.05) is 12.7 Å². The van der Waals surface area contributed by atoms with Crippen LogP contribution >= 0.6 is 0 Å². The molecule has 0 spiro atoms. The molecule has 1 aromatic rings. The van der Waals surface area contributed by atoms with Crippen molar-refractivity contribution in [2.75, 3.05) is 19.8 Å². The van der Waals surface area contributed by atoms with Gasteiger partial charge < -0.3 is 14.2 Å². The van der Waals surface area contributed by atoms with Crippen molar-refractivity contribution in [1.29, 1.82) is 0 Å². The Labute approximate surface area is 114 Å². The molecule has 2 rings (SSSR count). The summed E-state index contributed by atoms with van der Waals surface area (Å²) in [6, 6.07) is 3.54. The van der Waals surface area contributed by atoms with Crippen molar-refractivity contribution in [2.45, 2.75) is 31.7 Å². The number of nitrogens with zero attached hydrogens (tertiary/aromatic N) is 1. The molecule has 0 amide bonds. The first kappa shape index (κ1) is 15.1. The summed E-state index contributed by atoms with van der Waals surface area (Å²) in [5, 5.41) is 0. The van der Waals surface area contributed by atoms with E-state index in [2.05, 4.69) is 4.98 Å². The topological polar surface area (TPSA) is 40.6 Å². The normalized spacial score (nSPS) is 19.9. The summed E-state index contributed by atoms with van der Waals surface area (Å²) in [5.41, 5.74) is -0.966. The van der Waals surface area contributed by atoms with E-state index in [1.807, 2.05) is 0 Å². The summed E-state index contributed by atoms with van der Waals surface area (Å²) in [4.78, 5) is 3.39. The number of aromatic nitrogens is 1. The average Bonchev–Trinajstić information content (AvgIpc) is 2.44.